The number of nitrogen functional groups attached to an aromatic ring is 1. The first-order valence-electron chi connectivity index (χ1n) is 6.19. The highest BCUT2D eigenvalue weighted by Crippen LogP contribution is 2.13. The van der Waals surface area contributed by atoms with Crippen LogP contribution in [0, 0.1) is 6.92 Å². The molecule has 0 saturated carbocycles. The number of hydrogen-bond donors (Lipinski definition) is 2. The molecule has 0 radical (unpaired) electrons. The number of aromatic nitrogens is 1. The number of anilines is 2. The van der Waals surface area contributed by atoms with Gasteiger partial charge in [0, 0.05) is 24.5 Å². The lowest BCUT2D eigenvalue weighted by molar-refractivity contribution is 0.688. The van der Waals surface area contributed by atoms with E-state index < -0.39 is 0 Å². The molecule has 1 aromatic heterocycles. The van der Waals surface area contributed by atoms with Crippen LogP contribution in [0.2, 0.25) is 0 Å². The Labute approximate surface area is 109 Å². The maximum Gasteiger partial charge on any atom is 0.127 e. The zero-order chi connectivity index (χ0) is 12.5. The fraction of sp³-hybridized carbons (Fsp3) is 0.615. The van der Waals surface area contributed by atoms with E-state index in [1.807, 2.05) is 30.9 Å². The second-order valence-electron chi connectivity index (χ2n) is 4.26. The fourth-order valence-corrected chi connectivity index (χ4v) is 2.07. The summed E-state index contributed by atoms with van der Waals surface area (Å²) in [5, 5.41) is 3.31. The number of aryl methyl sites for hydroxylation is 1. The number of thioether (sulfide) groups is 1. The van der Waals surface area contributed by atoms with Crippen LogP contribution in [0.1, 0.15) is 31.2 Å². The number of pyridine rings is 1. The largest absolute Gasteiger partial charge is 0.398 e. The molecule has 0 fully saturated rings. The minimum absolute atomic E-state index is 0.808. The summed E-state index contributed by atoms with van der Waals surface area (Å²) in [5.74, 6) is 2.17. The van der Waals surface area contributed by atoms with Gasteiger partial charge < -0.3 is 11.1 Å². The molecular formula is C13H23N3S. The quantitative estimate of drug-likeness (QED) is 0.698. The maximum atomic E-state index is 5.82. The number of hydrogen-bond acceptors (Lipinski definition) is 4. The van der Waals surface area contributed by atoms with Gasteiger partial charge in [-0.25, -0.2) is 4.98 Å². The highest BCUT2D eigenvalue weighted by atomic mass is 32.2. The van der Waals surface area contributed by atoms with Gasteiger partial charge in [-0.15, -0.1) is 0 Å². The van der Waals surface area contributed by atoms with E-state index in [2.05, 4.69) is 16.6 Å². The van der Waals surface area contributed by atoms with Crippen LogP contribution in [0.4, 0.5) is 11.5 Å². The average Bonchev–Trinajstić information content (AvgIpc) is 2.32. The van der Waals surface area contributed by atoms with E-state index in [0.29, 0.717) is 0 Å². The molecule has 0 amide bonds. The minimum Gasteiger partial charge on any atom is -0.398 e. The van der Waals surface area contributed by atoms with Gasteiger partial charge in [0.1, 0.15) is 5.82 Å². The molecule has 0 bridgehead atoms. The van der Waals surface area contributed by atoms with Crippen molar-refractivity contribution in [1.29, 1.82) is 0 Å². The summed E-state index contributed by atoms with van der Waals surface area (Å²) < 4.78 is 0. The second kappa shape index (κ2) is 8.23. The zero-order valence-electron chi connectivity index (χ0n) is 10.8. The normalized spacial score (nSPS) is 10.5. The molecule has 1 aromatic rings. The lowest BCUT2D eigenvalue weighted by atomic mass is 10.2. The number of unbranched alkanes of at least 4 members (excludes halogenated alkanes) is 3. The summed E-state index contributed by atoms with van der Waals surface area (Å²) >= 11 is 1.93. The van der Waals surface area contributed by atoms with E-state index in [0.717, 1.165) is 23.6 Å². The Balaban J connectivity index is 2.11. The van der Waals surface area contributed by atoms with Crippen molar-refractivity contribution in [3.8, 4) is 0 Å². The van der Waals surface area contributed by atoms with Crippen LogP contribution in [-0.4, -0.2) is 23.5 Å². The zero-order valence-corrected chi connectivity index (χ0v) is 11.6. The number of nitrogens with two attached hydrogens (primary N) is 1. The van der Waals surface area contributed by atoms with Gasteiger partial charge in [-0.05, 0) is 37.3 Å². The molecule has 17 heavy (non-hydrogen) atoms. The lowest BCUT2D eigenvalue weighted by Crippen LogP contribution is -2.04. The molecule has 4 heteroatoms. The van der Waals surface area contributed by atoms with Crippen LogP contribution >= 0.6 is 11.8 Å². The van der Waals surface area contributed by atoms with Crippen LogP contribution in [0.25, 0.3) is 0 Å². The molecule has 1 heterocycles. The van der Waals surface area contributed by atoms with Crippen molar-refractivity contribution in [1.82, 2.24) is 4.98 Å². The molecule has 0 unspecified atom stereocenters. The van der Waals surface area contributed by atoms with Crippen LogP contribution < -0.4 is 11.1 Å². The third kappa shape index (κ3) is 5.82. The SMILES string of the molecule is CSCCCCCCNc1cc(N)c(C)cn1. The average molecular weight is 253 g/mol. The Bertz CT molecular complexity index is 328. The smallest absolute Gasteiger partial charge is 0.127 e. The lowest BCUT2D eigenvalue weighted by Gasteiger charge is -2.07. The van der Waals surface area contributed by atoms with E-state index >= 15 is 0 Å². The Kier molecular flexibility index (Phi) is 6.86. The summed E-state index contributed by atoms with van der Waals surface area (Å²) in [4.78, 5) is 4.29. The number of nitrogens with zero attached hydrogens (tertiary/aromatic N) is 1. The molecule has 0 atom stereocenters. The van der Waals surface area contributed by atoms with Gasteiger partial charge in [-0.1, -0.05) is 12.8 Å². The Morgan fingerprint density at radius 1 is 1.29 bits per heavy atom. The summed E-state index contributed by atoms with van der Waals surface area (Å²) in [6.07, 6.45) is 9.12. The van der Waals surface area contributed by atoms with Crippen molar-refractivity contribution < 1.29 is 0 Å². The molecule has 0 saturated heterocycles. The third-order valence-corrected chi connectivity index (χ3v) is 3.42. The minimum atomic E-state index is 0.808. The van der Waals surface area contributed by atoms with Gasteiger partial charge >= 0.3 is 0 Å². The molecular weight excluding hydrogens is 230 g/mol. The van der Waals surface area contributed by atoms with E-state index in [1.54, 1.807) is 0 Å². The van der Waals surface area contributed by atoms with Crippen molar-refractivity contribution >= 4 is 23.3 Å². The molecule has 3 N–H and O–H groups in total. The van der Waals surface area contributed by atoms with Gasteiger partial charge in [0.25, 0.3) is 0 Å². The van der Waals surface area contributed by atoms with Crippen LogP contribution in [0.15, 0.2) is 12.3 Å². The highest BCUT2D eigenvalue weighted by Gasteiger charge is 1.97. The summed E-state index contributed by atoms with van der Waals surface area (Å²) in [5.41, 5.74) is 7.67. The Hall–Kier alpha value is -0.900. The highest BCUT2D eigenvalue weighted by molar-refractivity contribution is 7.98. The predicted molar refractivity (Wildman–Crippen MR) is 78.7 cm³/mol. The van der Waals surface area contributed by atoms with Crippen molar-refractivity contribution in [2.45, 2.75) is 32.6 Å². The van der Waals surface area contributed by atoms with E-state index in [4.69, 9.17) is 5.73 Å². The number of rotatable bonds is 8. The molecule has 0 spiro atoms. The Morgan fingerprint density at radius 3 is 2.76 bits per heavy atom. The molecule has 96 valence electrons. The van der Waals surface area contributed by atoms with Crippen LogP contribution in [0.3, 0.4) is 0 Å². The fourth-order valence-electron chi connectivity index (χ4n) is 1.58. The van der Waals surface area contributed by atoms with Crippen LogP contribution in [0.5, 0.6) is 0 Å². The summed E-state index contributed by atoms with van der Waals surface area (Å²) in [7, 11) is 0. The van der Waals surface area contributed by atoms with E-state index in [9.17, 15) is 0 Å². The molecule has 1 rings (SSSR count). The topological polar surface area (TPSA) is 50.9 Å². The summed E-state index contributed by atoms with van der Waals surface area (Å²) in [6.45, 7) is 2.95. The van der Waals surface area contributed by atoms with Gasteiger partial charge in [-0.2, -0.15) is 11.8 Å². The molecule has 0 aromatic carbocycles. The first-order chi connectivity index (χ1) is 8.24. The van der Waals surface area contributed by atoms with Crippen LogP contribution in [-0.2, 0) is 0 Å². The first kappa shape index (κ1) is 14.2. The van der Waals surface area contributed by atoms with Gasteiger partial charge in [-0.3, -0.25) is 0 Å². The number of nitrogens with one attached hydrogen (secondary N) is 1. The third-order valence-electron chi connectivity index (χ3n) is 2.73. The molecule has 3 nitrogen and oxygen atoms in total. The Morgan fingerprint density at radius 2 is 2.06 bits per heavy atom. The van der Waals surface area contributed by atoms with E-state index in [1.165, 1.54) is 31.4 Å². The van der Waals surface area contributed by atoms with Gasteiger partial charge in [0.15, 0.2) is 0 Å². The van der Waals surface area contributed by atoms with Gasteiger partial charge in [0.2, 0.25) is 0 Å². The standard InChI is InChI=1S/C13H23N3S/c1-11-10-16-13(9-12(11)14)15-7-5-3-4-6-8-17-2/h9-10H,3-8H2,1-2H3,(H3,14,15,16). The van der Waals surface area contributed by atoms with Crippen molar-refractivity contribution in [3.63, 3.8) is 0 Å². The van der Waals surface area contributed by atoms with E-state index in [-0.39, 0.29) is 0 Å². The maximum absolute atomic E-state index is 5.82. The van der Waals surface area contributed by atoms with Crippen molar-refractivity contribution in [2.24, 2.45) is 0 Å². The summed E-state index contributed by atoms with van der Waals surface area (Å²) in [6, 6.07) is 1.91. The monoisotopic (exact) mass is 253 g/mol. The van der Waals surface area contributed by atoms with Gasteiger partial charge in [0.05, 0.1) is 0 Å². The molecule has 0 aliphatic carbocycles. The van der Waals surface area contributed by atoms with Crippen molar-refractivity contribution in [3.05, 3.63) is 17.8 Å². The first-order valence-corrected chi connectivity index (χ1v) is 7.58. The second-order valence-corrected chi connectivity index (χ2v) is 5.25. The molecule has 0 aliphatic heterocycles. The molecule has 0 aliphatic rings. The predicted octanol–water partition coefficient (Wildman–Crippen LogP) is 3.31. The van der Waals surface area contributed by atoms with Crippen molar-refractivity contribution in [2.75, 3.05) is 29.6 Å².